The average Bonchev–Trinajstić information content (AvgIpc) is 3.23. The lowest BCUT2D eigenvalue weighted by Crippen LogP contribution is -2.25. The summed E-state index contributed by atoms with van der Waals surface area (Å²) in [5, 5.41) is 20.6. The Bertz CT molecular complexity index is 1080. The number of fused-ring (bicyclic) bond motifs is 2. The lowest BCUT2D eigenvalue weighted by atomic mass is 10.3. The van der Waals surface area contributed by atoms with Crippen LogP contribution in [0.15, 0.2) is 24.3 Å². The molecule has 0 bridgehead atoms. The van der Waals surface area contributed by atoms with Gasteiger partial charge in [0.15, 0.2) is 22.5 Å². The fourth-order valence-electron chi connectivity index (χ4n) is 2.21. The summed E-state index contributed by atoms with van der Waals surface area (Å²) in [6, 6.07) is 5.69. The summed E-state index contributed by atoms with van der Waals surface area (Å²) in [6.45, 7) is 0. The molecule has 0 atom stereocenters. The summed E-state index contributed by atoms with van der Waals surface area (Å²) >= 11 is 11.8. The highest BCUT2D eigenvalue weighted by atomic mass is 35.5. The summed E-state index contributed by atoms with van der Waals surface area (Å²) in [4.78, 5) is 24.2. The Balaban J connectivity index is 1.59. The van der Waals surface area contributed by atoms with E-state index in [-0.39, 0.29) is 32.6 Å². The number of aromatic amines is 2. The molecule has 2 aromatic carbocycles. The van der Waals surface area contributed by atoms with Gasteiger partial charge in [0.1, 0.15) is 11.0 Å². The maximum atomic E-state index is 12.1. The number of esters is 2. The van der Waals surface area contributed by atoms with Gasteiger partial charge in [0, 0.05) is 22.2 Å². The zero-order valence-electron chi connectivity index (χ0n) is 12.5. The van der Waals surface area contributed by atoms with Crippen molar-refractivity contribution in [1.82, 2.24) is 30.8 Å². The van der Waals surface area contributed by atoms with Gasteiger partial charge in [-0.05, 0) is 12.1 Å². The van der Waals surface area contributed by atoms with Crippen LogP contribution in [0.25, 0.3) is 22.1 Å². The third kappa shape index (κ3) is 2.91. The second kappa shape index (κ2) is 6.24. The number of carbonyl (C=O) groups excluding carboxylic acids is 2. The van der Waals surface area contributed by atoms with E-state index in [1.54, 1.807) is 0 Å². The summed E-state index contributed by atoms with van der Waals surface area (Å²) in [5.74, 6) is -2.65. The molecule has 0 aliphatic rings. The van der Waals surface area contributed by atoms with Crippen LogP contribution in [0.2, 0.25) is 10.0 Å². The van der Waals surface area contributed by atoms with Crippen LogP contribution < -0.4 is 9.47 Å². The van der Waals surface area contributed by atoms with E-state index in [1.165, 1.54) is 24.3 Å². The number of aromatic nitrogens is 6. The Morgan fingerprint density at radius 3 is 1.58 bits per heavy atom. The van der Waals surface area contributed by atoms with Crippen molar-refractivity contribution in [2.75, 3.05) is 0 Å². The average molecular weight is 393 g/mol. The van der Waals surface area contributed by atoms with Crippen LogP contribution in [0, 0.1) is 0 Å². The molecular formula is C14H6Cl2N6O4. The fourth-order valence-corrected chi connectivity index (χ4v) is 2.62. The molecule has 26 heavy (non-hydrogen) atoms. The van der Waals surface area contributed by atoms with Crippen molar-refractivity contribution in [3.8, 4) is 11.5 Å². The van der Waals surface area contributed by atoms with Gasteiger partial charge in [-0.25, -0.2) is 9.59 Å². The molecule has 0 unspecified atom stereocenters. The standard InChI is InChI=1S/C14H6Cl2N6O4/c15-5-1-7-11(19-21-17-7)9(3-5)25-13(23)14(24)26-10-4-6(16)2-8-12(10)20-22-18-8/h1-4H,(H,17,19,21)(H,18,20,22). The molecule has 2 heterocycles. The molecule has 0 amide bonds. The molecule has 0 aliphatic heterocycles. The number of ether oxygens (including phenoxy) is 2. The molecule has 0 radical (unpaired) electrons. The molecule has 4 rings (SSSR count). The predicted molar refractivity (Wildman–Crippen MR) is 89.1 cm³/mol. The number of nitrogens with one attached hydrogen (secondary N) is 2. The zero-order chi connectivity index (χ0) is 18.3. The minimum Gasteiger partial charge on any atom is -0.416 e. The molecule has 0 fully saturated rings. The van der Waals surface area contributed by atoms with E-state index >= 15 is 0 Å². The molecule has 0 saturated heterocycles. The van der Waals surface area contributed by atoms with E-state index < -0.39 is 11.9 Å². The van der Waals surface area contributed by atoms with Gasteiger partial charge in [-0.2, -0.15) is 30.8 Å². The van der Waals surface area contributed by atoms with Crippen LogP contribution in [0.5, 0.6) is 11.5 Å². The van der Waals surface area contributed by atoms with E-state index in [1.807, 2.05) is 0 Å². The number of rotatable bonds is 2. The highest BCUT2D eigenvalue weighted by molar-refractivity contribution is 6.33. The van der Waals surface area contributed by atoms with Crippen LogP contribution in [-0.2, 0) is 9.59 Å². The molecule has 2 aromatic heterocycles. The summed E-state index contributed by atoms with van der Waals surface area (Å²) < 4.78 is 10.1. The normalized spacial score (nSPS) is 11.0. The van der Waals surface area contributed by atoms with Gasteiger partial charge in [0.05, 0.1) is 0 Å². The maximum absolute atomic E-state index is 12.1. The van der Waals surface area contributed by atoms with E-state index in [4.69, 9.17) is 32.7 Å². The Labute approximate surface area is 153 Å². The topological polar surface area (TPSA) is 136 Å². The van der Waals surface area contributed by atoms with Gasteiger partial charge in [0.2, 0.25) is 0 Å². The number of halogens is 2. The van der Waals surface area contributed by atoms with Crippen LogP contribution >= 0.6 is 23.2 Å². The summed E-state index contributed by atoms with van der Waals surface area (Å²) in [5.41, 5.74) is 1.20. The smallest absolute Gasteiger partial charge is 0.416 e. The maximum Gasteiger partial charge on any atom is 0.423 e. The Kier molecular flexibility index (Phi) is 3.90. The van der Waals surface area contributed by atoms with Gasteiger partial charge in [-0.15, -0.1) is 0 Å². The Morgan fingerprint density at radius 1 is 0.731 bits per heavy atom. The van der Waals surface area contributed by atoms with Crippen molar-refractivity contribution in [3.05, 3.63) is 34.3 Å². The van der Waals surface area contributed by atoms with Crippen molar-refractivity contribution in [2.24, 2.45) is 0 Å². The van der Waals surface area contributed by atoms with Crippen LogP contribution in [0.4, 0.5) is 0 Å². The first-order valence-corrected chi connectivity index (χ1v) is 7.71. The van der Waals surface area contributed by atoms with Crippen LogP contribution in [0.1, 0.15) is 0 Å². The zero-order valence-corrected chi connectivity index (χ0v) is 14.0. The van der Waals surface area contributed by atoms with Gasteiger partial charge < -0.3 is 9.47 Å². The SMILES string of the molecule is O=C(Oc1cc(Cl)cc2n[nH]nc12)C(=O)Oc1cc(Cl)cc2n[nH]nc12. The van der Waals surface area contributed by atoms with Crippen molar-refractivity contribution < 1.29 is 19.1 Å². The van der Waals surface area contributed by atoms with Crippen LogP contribution in [0.3, 0.4) is 0 Å². The third-order valence-electron chi connectivity index (χ3n) is 3.28. The second-order valence-electron chi connectivity index (χ2n) is 4.97. The number of benzene rings is 2. The van der Waals surface area contributed by atoms with Crippen molar-refractivity contribution in [2.45, 2.75) is 0 Å². The minimum atomic E-state index is -1.28. The van der Waals surface area contributed by atoms with E-state index in [0.717, 1.165) is 0 Å². The van der Waals surface area contributed by atoms with Crippen molar-refractivity contribution in [3.63, 3.8) is 0 Å². The molecular weight excluding hydrogens is 387 g/mol. The lowest BCUT2D eigenvalue weighted by Gasteiger charge is -2.06. The molecule has 0 spiro atoms. The van der Waals surface area contributed by atoms with Crippen molar-refractivity contribution >= 4 is 57.2 Å². The summed E-state index contributed by atoms with van der Waals surface area (Å²) in [7, 11) is 0. The number of hydrogen-bond acceptors (Lipinski definition) is 8. The molecule has 2 N–H and O–H groups in total. The molecule has 12 heteroatoms. The van der Waals surface area contributed by atoms with Gasteiger partial charge in [-0.3, -0.25) is 0 Å². The molecule has 0 saturated carbocycles. The largest absolute Gasteiger partial charge is 0.423 e. The molecule has 130 valence electrons. The fraction of sp³-hybridized carbons (Fsp3) is 0. The molecule has 4 aromatic rings. The molecule has 0 aliphatic carbocycles. The number of hydrogen-bond donors (Lipinski definition) is 2. The third-order valence-corrected chi connectivity index (χ3v) is 3.71. The number of H-pyrrole nitrogens is 2. The van der Waals surface area contributed by atoms with E-state index in [9.17, 15) is 9.59 Å². The lowest BCUT2D eigenvalue weighted by molar-refractivity contribution is -0.156. The van der Waals surface area contributed by atoms with E-state index in [2.05, 4.69) is 30.8 Å². The number of carbonyl (C=O) groups is 2. The minimum absolute atomic E-state index is 0.0409. The number of nitrogens with zero attached hydrogens (tertiary/aromatic N) is 4. The summed E-state index contributed by atoms with van der Waals surface area (Å²) in [6.07, 6.45) is 0. The van der Waals surface area contributed by atoms with Crippen molar-refractivity contribution in [1.29, 1.82) is 0 Å². The van der Waals surface area contributed by atoms with Gasteiger partial charge in [0.25, 0.3) is 0 Å². The highest BCUT2D eigenvalue weighted by Crippen LogP contribution is 2.29. The quantitative estimate of drug-likeness (QED) is 0.300. The van der Waals surface area contributed by atoms with Gasteiger partial charge >= 0.3 is 11.9 Å². The van der Waals surface area contributed by atoms with Crippen LogP contribution in [-0.4, -0.2) is 42.8 Å². The highest BCUT2D eigenvalue weighted by Gasteiger charge is 2.23. The first-order chi connectivity index (χ1) is 12.5. The first kappa shape index (κ1) is 16.2. The van der Waals surface area contributed by atoms with Gasteiger partial charge in [-0.1, -0.05) is 23.2 Å². The van der Waals surface area contributed by atoms with E-state index in [0.29, 0.717) is 11.0 Å². The monoisotopic (exact) mass is 392 g/mol. The second-order valence-corrected chi connectivity index (χ2v) is 5.84. The Hall–Kier alpha value is -3.24. The molecule has 10 nitrogen and oxygen atoms in total. The Morgan fingerprint density at radius 2 is 1.15 bits per heavy atom. The predicted octanol–water partition coefficient (Wildman–Crippen LogP) is 2.05. The first-order valence-electron chi connectivity index (χ1n) is 6.95.